The Hall–Kier alpha value is -1.55. The molecule has 1 aliphatic heterocycles. The van der Waals surface area contributed by atoms with E-state index in [4.69, 9.17) is 4.74 Å². The summed E-state index contributed by atoms with van der Waals surface area (Å²) in [6.07, 6.45) is 1.53. The lowest BCUT2D eigenvalue weighted by Gasteiger charge is -2.27. The van der Waals surface area contributed by atoms with Crippen LogP contribution in [-0.4, -0.2) is 44.1 Å². The van der Waals surface area contributed by atoms with Crippen molar-refractivity contribution in [3.8, 4) is 5.75 Å². The Morgan fingerprint density at radius 1 is 1.30 bits per heavy atom. The van der Waals surface area contributed by atoms with Crippen molar-refractivity contribution in [3.05, 3.63) is 29.8 Å². The van der Waals surface area contributed by atoms with Crippen LogP contribution in [0.4, 0.5) is 0 Å². The molecule has 1 heterocycles. The Bertz CT molecular complexity index is 425. The molecular formula is C16H24N2O2. The van der Waals surface area contributed by atoms with E-state index >= 15 is 0 Å². The third-order valence-electron chi connectivity index (χ3n) is 3.95. The zero-order valence-corrected chi connectivity index (χ0v) is 12.4. The molecule has 110 valence electrons. The van der Waals surface area contributed by atoms with E-state index in [2.05, 4.69) is 24.4 Å². The molecule has 1 atom stereocenters. The monoisotopic (exact) mass is 276 g/mol. The Morgan fingerprint density at radius 3 is 2.55 bits per heavy atom. The molecule has 1 aromatic carbocycles. The predicted octanol–water partition coefficient (Wildman–Crippen LogP) is 2.01. The number of methoxy groups -OCH3 is 1. The number of ether oxygens (including phenoxy) is 1. The molecular weight excluding hydrogens is 252 g/mol. The van der Waals surface area contributed by atoms with Crippen LogP contribution in [-0.2, 0) is 4.79 Å². The average Bonchev–Trinajstić information content (AvgIpc) is 2.53. The first kappa shape index (κ1) is 14.9. The molecule has 0 bridgehead atoms. The van der Waals surface area contributed by atoms with Crippen LogP contribution in [0.1, 0.15) is 31.2 Å². The molecule has 2 rings (SSSR count). The highest BCUT2D eigenvalue weighted by Gasteiger charge is 2.17. The van der Waals surface area contributed by atoms with Gasteiger partial charge < -0.3 is 15.0 Å². The smallest absolute Gasteiger partial charge is 0.222 e. The maximum Gasteiger partial charge on any atom is 0.222 e. The lowest BCUT2D eigenvalue weighted by Crippen LogP contribution is -2.46. The van der Waals surface area contributed by atoms with Gasteiger partial charge >= 0.3 is 0 Å². The highest BCUT2D eigenvalue weighted by atomic mass is 16.5. The van der Waals surface area contributed by atoms with Crippen molar-refractivity contribution in [3.63, 3.8) is 0 Å². The molecule has 0 aromatic heterocycles. The molecule has 1 unspecified atom stereocenters. The van der Waals surface area contributed by atoms with Crippen LogP contribution in [0, 0.1) is 0 Å². The number of benzene rings is 1. The fraction of sp³-hybridized carbons (Fsp3) is 0.562. The van der Waals surface area contributed by atoms with Gasteiger partial charge in [0.15, 0.2) is 0 Å². The van der Waals surface area contributed by atoms with E-state index in [0.717, 1.165) is 38.3 Å². The zero-order chi connectivity index (χ0) is 14.4. The summed E-state index contributed by atoms with van der Waals surface area (Å²) >= 11 is 0. The second-order valence-electron chi connectivity index (χ2n) is 5.34. The highest BCUT2D eigenvalue weighted by Crippen LogP contribution is 2.23. The fourth-order valence-electron chi connectivity index (χ4n) is 2.51. The van der Waals surface area contributed by atoms with Gasteiger partial charge in [-0.25, -0.2) is 0 Å². The van der Waals surface area contributed by atoms with E-state index in [0.29, 0.717) is 12.3 Å². The number of hydrogen-bond acceptors (Lipinski definition) is 3. The normalized spacial score (nSPS) is 16.8. The largest absolute Gasteiger partial charge is 0.497 e. The summed E-state index contributed by atoms with van der Waals surface area (Å²) in [4.78, 5) is 14.1. The maximum absolute atomic E-state index is 12.1. The van der Waals surface area contributed by atoms with Crippen molar-refractivity contribution in [2.75, 3.05) is 33.3 Å². The van der Waals surface area contributed by atoms with Crippen molar-refractivity contribution in [1.29, 1.82) is 0 Å². The summed E-state index contributed by atoms with van der Waals surface area (Å²) in [7, 11) is 1.67. The molecule has 0 spiro atoms. The summed E-state index contributed by atoms with van der Waals surface area (Å²) in [5.74, 6) is 1.55. The van der Waals surface area contributed by atoms with Crippen LogP contribution < -0.4 is 10.1 Å². The Balaban J connectivity index is 1.81. The maximum atomic E-state index is 12.1. The minimum atomic E-state index is 0.284. The van der Waals surface area contributed by atoms with Gasteiger partial charge in [0, 0.05) is 32.6 Å². The van der Waals surface area contributed by atoms with E-state index in [1.807, 2.05) is 17.0 Å². The SMILES string of the molecule is COc1ccc(C(C)CCC(=O)N2CCNCC2)cc1. The molecule has 4 heteroatoms. The van der Waals surface area contributed by atoms with E-state index in [-0.39, 0.29) is 5.91 Å². The molecule has 0 radical (unpaired) electrons. The molecule has 1 aromatic rings. The van der Waals surface area contributed by atoms with Crippen molar-refractivity contribution in [2.24, 2.45) is 0 Å². The highest BCUT2D eigenvalue weighted by molar-refractivity contribution is 5.76. The average molecular weight is 276 g/mol. The fourth-order valence-corrected chi connectivity index (χ4v) is 2.51. The lowest BCUT2D eigenvalue weighted by atomic mass is 9.96. The third-order valence-corrected chi connectivity index (χ3v) is 3.95. The minimum Gasteiger partial charge on any atom is -0.497 e. The van der Waals surface area contributed by atoms with E-state index in [1.54, 1.807) is 7.11 Å². The second kappa shape index (κ2) is 7.29. The van der Waals surface area contributed by atoms with Gasteiger partial charge in [-0.15, -0.1) is 0 Å². The number of hydrogen-bond donors (Lipinski definition) is 1. The molecule has 1 N–H and O–H groups in total. The number of nitrogens with one attached hydrogen (secondary N) is 1. The quantitative estimate of drug-likeness (QED) is 0.894. The molecule has 0 aliphatic carbocycles. The summed E-state index contributed by atoms with van der Waals surface area (Å²) in [6.45, 7) is 5.69. The predicted molar refractivity (Wildman–Crippen MR) is 80.1 cm³/mol. The molecule has 1 fully saturated rings. The first-order chi connectivity index (χ1) is 9.70. The number of carbonyl (C=O) groups is 1. The molecule has 0 saturated carbocycles. The summed E-state index contributed by atoms with van der Waals surface area (Å²) < 4.78 is 5.16. The Labute approximate surface area is 121 Å². The van der Waals surface area contributed by atoms with Gasteiger partial charge in [0.1, 0.15) is 5.75 Å². The van der Waals surface area contributed by atoms with Gasteiger partial charge in [0.25, 0.3) is 0 Å². The Morgan fingerprint density at radius 2 is 1.95 bits per heavy atom. The van der Waals surface area contributed by atoms with Crippen LogP contribution in [0.15, 0.2) is 24.3 Å². The van der Waals surface area contributed by atoms with Gasteiger partial charge in [0.05, 0.1) is 7.11 Å². The minimum absolute atomic E-state index is 0.284. The number of nitrogens with zero attached hydrogens (tertiary/aromatic N) is 1. The van der Waals surface area contributed by atoms with Crippen molar-refractivity contribution < 1.29 is 9.53 Å². The van der Waals surface area contributed by atoms with Crippen molar-refractivity contribution in [2.45, 2.75) is 25.7 Å². The first-order valence-electron chi connectivity index (χ1n) is 7.33. The topological polar surface area (TPSA) is 41.6 Å². The van der Waals surface area contributed by atoms with Crippen LogP contribution in [0.5, 0.6) is 5.75 Å². The zero-order valence-electron chi connectivity index (χ0n) is 12.4. The standard InChI is InChI=1S/C16H24N2O2/c1-13(14-4-6-15(20-2)7-5-14)3-8-16(19)18-11-9-17-10-12-18/h4-7,13,17H,3,8-12H2,1-2H3. The summed E-state index contributed by atoms with van der Waals surface area (Å²) in [6, 6.07) is 8.12. The molecule has 1 aliphatic rings. The van der Waals surface area contributed by atoms with E-state index in [9.17, 15) is 4.79 Å². The Kier molecular flexibility index (Phi) is 5.41. The van der Waals surface area contributed by atoms with Crippen LogP contribution >= 0.6 is 0 Å². The second-order valence-corrected chi connectivity index (χ2v) is 5.34. The summed E-state index contributed by atoms with van der Waals surface area (Å²) in [5, 5.41) is 3.27. The van der Waals surface area contributed by atoms with Gasteiger partial charge in [0.2, 0.25) is 5.91 Å². The van der Waals surface area contributed by atoms with Crippen molar-refractivity contribution in [1.82, 2.24) is 10.2 Å². The van der Waals surface area contributed by atoms with Crippen molar-refractivity contribution >= 4 is 5.91 Å². The number of carbonyl (C=O) groups excluding carboxylic acids is 1. The van der Waals surface area contributed by atoms with Gasteiger partial charge in [-0.3, -0.25) is 4.79 Å². The number of piperazine rings is 1. The van der Waals surface area contributed by atoms with Gasteiger partial charge in [-0.1, -0.05) is 19.1 Å². The number of amides is 1. The van der Waals surface area contributed by atoms with Crippen LogP contribution in [0.2, 0.25) is 0 Å². The lowest BCUT2D eigenvalue weighted by molar-refractivity contribution is -0.131. The van der Waals surface area contributed by atoms with Crippen LogP contribution in [0.25, 0.3) is 0 Å². The first-order valence-corrected chi connectivity index (χ1v) is 7.33. The molecule has 1 amide bonds. The third kappa shape index (κ3) is 3.97. The van der Waals surface area contributed by atoms with Gasteiger partial charge in [-0.2, -0.15) is 0 Å². The molecule has 20 heavy (non-hydrogen) atoms. The van der Waals surface area contributed by atoms with Gasteiger partial charge in [-0.05, 0) is 30.0 Å². The molecule has 1 saturated heterocycles. The molecule has 4 nitrogen and oxygen atoms in total. The van der Waals surface area contributed by atoms with E-state index < -0.39 is 0 Å². The van der Waals surface area contributed by atoms with E-state index in [1.165, 1.54) is 5.56 Å². The number of rotatable bonds is 5. The summed E-state index contributed by atoms with van der Waals surface area (Å²) in [5.41, 5.74) is 1.26. The van der Waals surface area contributed by atoms with Crippen LogP contribution in [0.3, 0.4) is 0 Å².